The van der Waals surface area contributed by atoms with Crippen LogP contribution >= 0.6 is 11.6 Å². The molecule has 2 atom stereocenters. The highest BCUT2D eigenvalue weighted by Crippen LogP contribution is 2.34. The number of amides is 3. The number of hydrogen-bond donors (Lipinski definition) is 1. The lowest BCUT2D eigenvalue weighted by molar-refractivity contribution is -0.190. The Balaban J connectivity index is 1.74. The zero-order chi connectivity index (χ0) is 34.2. The van der Waals surface area contributed by atoms with Crippen molar-refractivity contribution in [2.75, 3.05) is 18.4 Å². The predicted molar refractivity (Wildman–Crippen MR) is 171 cm³/mol. The fourth-order valence-electron chi connectivity index (χ4n) is 5.34. The average Bonchev–Trinajstić information content (AvgIpc) is 3.30. The lowest BCUT2D eigenvalue weighted by atomic mass is 9.86. The SMILES string of the molecule is C[C@H](N(Cc1ccc2c(c1)nc(NC(=O)c1ccc(Cl)cc1)n2C1CCCN(C(=O)OC(C)(C)C)C1)C(=O)C(F)(F)F)C(C)(C)C. The highest BCUT2D eigenvalue weighted by atomic mass is 35.5. The van der Waals surface area contributed by atoms with Crippen molar-refractivity contribution >= 4 is 46.5 Å². The third-order valence-electron chi connectivity index (χ3n) is 8.08. The summed E-state index contributed by atoms with van der Waals surface area (Å²) < 4.78 is 48.4. The summed E-state index contributed by atoms with van der Waals surface area (Å²) in [6.45, 7) is 12.8. The third kappa shape index (κ3) is 8.31. The van der Waals surface area contributed by atoms with E-state index in [2.05, 4.69) is 5.32 Å². The number of benzene rings is 2. The first-order chi connectivity index (χ1) is 21.2. The Kier molecular flexibility index (Phi) is 10.0. The molecule has 4 rings (SSSR count). The number of fused-ring (bicyclic) bond motifs is 1. The van der Waals surface area contributed by atoms with Crippen molar-refractivity contribution < 1.29 is 32.3 Å². The van der Waals surface area contributed by atoms with E-state index in [1.807, 2.05) is 4.57 Å². The minimum Gasteiger partial charge on any atom is -0.444 e. The second-order valence-electron chi connectivity index (χ2n) is 13.8. The minimum absolute atomic E-state index is 0.217. The number of nitrogens with one attached hydrogen (secondary N) is 1. The van der Waals surface area contributed by atoms with E-state index in [0.717, 1.165) is 4.90 Å². The summed E-state index contributed by atoms with van der Waals surface area (Å²) in [5, 5.41) is 3.35. The molecule has 0 spiro atoms. The van der Waals surface area contributed by atoms with Gasteiger partial charge in [0.05, 0.1) is 17.1 Å². The van der Waals surface area contributed by atoms with E-state index < -0.39 is 41.1 Å². The van der Waals surface area contributed by atoms with Crippen molar-refractivity contribution in [2.24, 2.45) is 5.41 Å². The third-order valence-corrected chi connectivity index (χ3v) is 8.33. The summed E-state index contributed by atoms with van der Waals surface area (Å²) >= 11 is 6.00. The largest absolute Gasteiger partial charge is 0.471 e. The smallest absolute Gasteiger partial charge is 0.444 e. The highest BCUT2D eigenvalue weighted by Gasteiger charge is 2.45. The van der Waals surface area contributed by atoms with Crippen molar-refractivity contribution in [3.8, 4) is 0 Å². The molecule has 1 saturated heterocycles. The van der Waals surface area contributed by atoms with Crippen molar-refractivity contribution in [1.82, 2.24) is 19.4 Å². The Hall–Kier alpha value is -3.80. The molecule has 9 nitrogen and oxygen atoms in total. The average molecular weight is 664 g/mol. The van der Waals surface area contributed by atoms with Gasteiger partial charge in [-0.05, 0) is 87.9 Å². The molecule has 1 aromatic heterocycles. The second-order valence-corrected chi connectivity index (χ2v) is 14.2. The molecule has 0 bridgehead atoms. The Labute approximate surface area is 272 Å². The highest BCUT2D eigenvalue weighted by molar-refractivity contribution is 6.30. The quantitative estimate of drug-likeness (QED) is 0.290. The summed E-state index contributed by atoms with van der Waals surface area (Å²) in [6.07, 6.45) is -4.14. The molecule has 0 radical (unpaired) electrons. The number of ether oxygens (including phenoxy) is 1. The zero-order valence-corrected chi connectivity index (χ0v) is 27.9. The molecular formula is C33H41ClF3N5O4. The van der Waals surface area contributed by atoms with Gasteiger partial charge in [-0.15, -0.1) is 0 Å². The van der Waals surface area contributed by atoms with Gasteiger partial charge >= 0.3 is 18.2 Å². The van der Waals surface area contributed by atoms with Gasteiger partial charge in [0.2, 0.25) is 5.95 Å². The molecule has 1 N–H and O–H groups in total. The molecular weight excluding hydrogens is 623 g/mol. The number of carbonyl (C=O) groups is 3. The molecule has 1 aliphatic heterocycles. The summed E-state index contributed by atoms with van der Waals surface area (Å²) in [4.78, 5) is 45.9. The van der Waals surface area contributed by atoms with E-state index in [-0.39, 0.29) is 18.5 Å². The summed E-state index contributed by atoms with van der Waals surface area (Å²) in [5.74, 6) is -2.13. The van der Waals surface area contributed by atoms with Crippen LogP contribution < -0.4 is 5.32 Å². The molecule has 2 aromatic carbocycles. The number of halogens is 4. The molecule has 2 heterocycles. The number of rotatable bonds is 6. The van der Waals surface area contributed by atoms with Gasteiger partial charge in [0.25, 0.3) is 5.91 Å². The number of hydrogen-bond acceptors (Lipinski definition) is 5. The van der Waals surface area contributed by atoms with E-state index in [0.29, 0.717) is 53.1 Å². The van der Waals surface area contributed by atoms with Crippen LogP contribution in [0.5, 0.6) is 0 Å². The topological polar surface area (TPSA) is 96.8 Å². The molecule has 0 aliphatic carbocycles. The number of piperidine rings is 1. The van der Waals surface area contributed by atoms with E-state index in [4.69, 9.17) is 21.3 Å². The lowest BCUT2D eigenvalue weighted by Crippen LogP contribution is -2.50. The molecule has 1 unspecified atom stereocenters. The second kappa shape index (κ2) is 13.1. The Morgan fingerprint density at radius 1 is 1.07 bits per heavy atom. The van der Waals surface area contributed by atoms with E-state index in [1.165, 1.54) is 0 Å². The first-order valence-electron chi connectivity index (χ1n) is 15.2. The number of aromatic nitrogens is 2. The van der Waals surface area contributed by atoms with E-state index >= 15 is 0 Å². The van der Waals surface area contributed by atoms with Gasteiger partial charge in [0.15, 0.2) is 0 Å². The van der Waals surface area contributed by atoms with Crippen LogP contribution in [0.2, 0.25) is 5.02 Å². The van der Waals surface area contributed by atoms with E-state index in [9.17, 15) is 27.6 Å². The Morgan fingerprint density at radius 2 is 1.72 bits per heavy atom. The van der Waals surface area contributed by atoms with Crippen LogP contribution in [0.1, 0.15) is 83.3 Å². The van der Waals surface area contributed by atoms with Crippen LogP contribution in [-0.4, -0.2) is 68.2 Å². The van der Waals surface area contributed by atoms with Crippen molar-refractivity contribution in [3.05, 3.63) is 58.6 Å². The van der Waals surface area contributed by atoms with Gasteiger partial charge in [0.1, 0.15) is 5.60 Å². The zero-order valence-electron chi connectivity index (χ0n) is 27.2. The fraction of sp³-hybridized carbons (Fsp3) is 0.515. The molecule has 250 valence electrons. The van der Waals surface area contributed by atoms with Crippen molar-refractivity contribution in [2.45, 2.75) is 91.7 Å². The van der Waals surface area contributed by atoms with Crippen LogP contribution in [0, 0.1) is 5.41 Å². The van der Waals surface area contributed by atoms with Gasteiger partial charge in [-0.1, -0.05) is 38.4 Å². The van der Waals surface area contributed by atoms with E-state index in [1.54, 1.807) is 95.8 Å². The number of likely N-dealkylation sites (tertiary alicyclic amines) is 1. The van der Waals surface area contributed by atoms with Crippen LogP contribution in [0.3, 0.4) is 0 Å². The van der Waals surface area contributed by atoms with Gasteiger partial charge in [0, 0.05) is 36.3 Å². The van der Waals surface area contributed by atoms with Crippen LogP contribution in [-0.2, 0) is 16.1 Å². The maximum Gasteiger partial charge on any atom is 0.471 e. The standard InChI is InChI=1S/C33H41ClF3N5O4/c1-20(31(2,3)4)41(28(44)33(35,36)37)18-21-10-15-26-25(17-21)38-29(39-27(43)22-11-13-23(34)14-12-22)42(26)24-9-8-16-40(19-24)30(45)46-32(5,6)7/h10-15,17,20,24H,8-9,16,18-19H2,1-7H3,(H,38,39,43)/t20-,24?/m0/s1. The maximum absolute atomic E-state index is 13.6. The first-order valence-corrected chi connectivity index (χ1v) is 15.6. The Morgan fingerprint density at radius 3 is 2.30 bits per heavy atom. The normalized spacial score (nSPS) is 16.7. The first kappa shape index (κ1) is 35.1. The lowest BCUT2D eigenvalue weighted by Gasteiger charge is -2.38. The molecule has 0 saturated carbocycles. The van der Waals surface area contributed by atoms with Crippen molar-refractivity contribution in [3.63, 3.8) is 0 Å². The monoisotopic (exact) mass is 663 g/mol. The van der Waals surface area contributed by atoms with Gasteiger partial charge in [-0.25, -0.2) is 9.78 Å². The maximum atomic E-state index is 13.6. The number of imidazole rings is 1. The van der Waals surface area contributed by atoms with Gasteiger partial charge < -0.3 is 19.1 Å². The number of alkyl halides is 3. The Bertz CT molecular complexity index is 1590. The van der Waals surface area contributed by atoms with Gasteiger partial charge in [-0.2, -0.15) is 13.2 Å². The molecule has 3 amide bonds. The van der Waals surface area contributed by atoms with Crippen LogP contribution in [0.15, 0.2) is 42.5 Å². The summed E-state index contributed by atoms with van der Waals surface area (Å²) in [7, 11) is 0. The van der Waals surface area contributed by atoms with Crippen molar-refractivity contribution in [1.29, 1.82) is 0 Å². The predicted octanol–water partition coefficient (Wildman–Crippen LogP) is 7.84. The van der Waals surface area contributed by atoms with Crippen LogP contribution in [0.4, 0.5) is 23.9 Å². The molecule has 46 heavy (non-hydrogen) atoms. The fourth-order valence-corrected chi connectivity index (χ4v) is 5.47. The molecule has 1 aliphatic rings. The number of carbonyl (C=O) groups excluding carboxylic acids is 3. The summed E-state index contributed by atoms with van der Waals surface area (Å²) in [5.41, 5.74) is 0.531. The number of anilines is 1. The number of nitrogens with zero attached hydrogens (tertiary/aromatic N) is 4. The van der Waals surface area contributed by atoms with Gasteiger partial charge in [-0.3, -0.25) is 14.9 Å². The van der Waals surface area contributed by atoms with Crippen LogP contribution in [0.25, 0.3) is 11.0 Å². The molecule has 13 heteroatoms. The molecule has 1 fully saturated rings. The minimum atomic E-state index is -5.04. The summed E-state index contributed by atoms with van der Waals surface area (Å²) in [6, 6.07) is 10.3. The molecule has 3 aromatic rings.